The van der Waals surface area contributed by atoms with E-state index >= 15 is 0 Å². The summed E-state index contributed by atoms with van der Waals surface area (Å²) in [5.41, 5.74) is 3.12. The topological polar surface area (TPSA) is 63.4 Å². The maximum Gasteiger partial charge on any atom is 0.224 e. The molecule has 0 unspecified atom stereocenters. The van der Waals surface area contributed by atoms with Gasteiger partial charge in [-0.1, -0.05) is 29.8 Å². The lowest BCUT2D eigenvalue weighted by atomic mass is 10.1. The number of aromatic amines is 1. The minimum Gasteiger partial charge on any atom is -0.489 e. The SMILES string of the molecule is O=C(Cc1cc(Cl)c2c(c1)OCCCO2)NCCc1c[nH]c2ccccc12. The average molecular weight is 385 g/mol. The van der Waals surface area contributed by atoms with Gasteiger partial charge in [0.05, 0.1) is 24.7 Å². The molecule has 1 amide bonds. The van der Waals surface area contributed by atoms with Crippen LogP contribution in [0.1, 0.15) is 17.5 Å². The summed E-state index contributed by atoms with van der Waals surface area (Å²) in [6, 6.07) is 11.8. The van der Waals surface area contributed by atoms with Crippen LogP contribution in [-0.2, 0) is 17.6 Å². The predicted molar refractivity (Wildman–Crippen MR) is 106 cm³/mol. The van der Waals surface area contributed by atoms with Gasteiger partial charge in [-0.2, -0.15) is 0 Å². The first-order valence-electron chi connectivity index (χ1n) is 9.10. The normalized spacial score (nSPS) is 13.4. The summed E-state index contributed by atoms with van der Waals surface area (Å²) in [6.07, 6.45) is 3.84. The molecule has 140 valence electrons. The van der Waals surface area contributed by atoms with Gasteiger partial charge in [-0.15, -0.1) is 0 Å². The van der Waals surface area contributed by atoms with Gasteiger partial charge >= 0.3 is 0 Å². The van der Waals surface area contributed by atoms with Crippen molar-refractivity contribution < 1.29 is 14.3 Å². The number of H-pyrrole nitrogens is 1. The number of amides is 1. The Labute approximate surface area is 162 Å². The molecule has 6 heteroatoms. The van der Waals surface area contributed by atoms with Crippen LogP contribution < -0.4 is 14.8 Å². The number of halogens is 1. The molecule has 0 saturated heterocycles. The van der Waals surface area contributed by atoms with Crippen LogP contribution in [0.2, 0.25) is 5.02 Å². The Bertz CT molecular complexity index is 967. The number of benzene rings is 2. The van der Waals surface area contributed by atoms with Gasteiger partial charge in [-0.3, -0.25) is 4.79 Å². The average Bonchev–Trinajstić information content (AvgIpc) is 2.90. The van der Waals surface area contributed by atoms with Crippen LogP contribution in [0.3, 0.4) is 0 Å². The minimum absolute atomic E-state index is 0.0413. The Morgan fingerprint density at radius 2 is 2.04 bits per heavy atom. The van der Waals surface area contributed by atoms with E-state index in [0.29, 0.717) is 36.3 Å². The van der Waals surface area contributed by atoms with Crippen LogP contribution in [-0.4, -0.2) is 30.6 Å². The molecule has 0 atom stereocenters. The number of hydrogen-bond donors (Lipinski definition) is 2. The molecule has 0 bridgehead atoms. The Morgan fingerprint density at radius 3 is 2.96 bits per heavy atom. The van der Waals surface area contributed by atoms with E-state index in [9.17, 15) is 4.79 Å². The van der Waals surface area contributed by atoms with E-state index in [2.05, 4.69) is 16.4 Å². The van der Waals surface area contributed by atoms with Crippen molar-refractivity contribution in [2.24, 2.45) is 0 Å². The summed E-state index contributed by atoms with van der Waals surface area (Å²) in [4.78, 5) is 15.6. The van der Waals surface area contributed by atoms with E-state index in [4.69, 9.17) is 21.1 Å². The van der Waals surface area contributed by atoms with Crippen LogP contribution in [0.4, 0.5) is 0 Å². The number of aromatic nitrogens is 1. The molecule has 0 fully saturated rings. The van der Waals surface area contributed by atoms with Crippen molar-refractivity contribution in [3.8, 4) is 11.5 Å². The lowest BCUT2D eigenvalue weighted by molar-refractivity contribution is -0.120. The van der Waals surface area contributed by atoms with Crippen molar-refractivity contribution in [3.05, 3.63) is 58.7 Å². The van der Waals surface area contributed by atoms with Gasteiger partial charge in [-0.25, -0.2) is 0 Å². The van der Waals surface area contributed by atoms with Crippen molar-refractivity contribution in [1.29, 1.82) is 0 Å². The second kappa shape index (κ2) is 7.92. The molecule has 0 spiro atoms. The number of carbonyl (C=O) groups excluding carboxylic acids is 1. The molecule has 27 heavy (non-hydrogen) atoms. The minimum atomic E-state index is -0.0413. The largest absolute Gasteiger partial charge is 0.489 e. The maximum atomic E-state index is 12.3. The highest BCUT2D eigenvalue weighted by Crippen LogP contribution is 2.38. The fourth-order valence-corrected chi connectivity index (χ4v) is 3.60. The molecule has 0 saturated carbocycles. The molecule has 0 aliphatic carbocycles. The van der Waals surface area contributed by atoms with E-state index in [1.807, 2.05) is 30.5 Å². The molecule has 1 aliphatic rings. The monoisotopic (exact) mass is 384 g/mol. The Morgan fingerprint density at radius 1 is 1.19 bits per heavy atom. The highest BCUT2D eigenvalue weighted by Gasteiger charge is 2.16. The number of para-hydroxylation sites is 1. The molecule has 2 aromatic carbocycles. The van der Waals surface area contributed by atoms with E-state index in [1.54, 1.807) is 6.07 Å². The van der Waals surface area contributed by atoms with Crippen LogP contribution in [0.25, 0.3) is 10.9 Å². The second-order valence-electron chi connectivity index (χ2n) is 6.59. The maximum absolute atomic E-state index is 12.3. The summed E-state index contributed by atoms with van der Waals surface area (Å²) in [5.74, 6) is 1.14. The Balaban J connectivity index is 1.35. The van der Waals surface area contributed by atoms with Crippen LogP contribution >= 0.6 is 11.6 Å². The number of carbonyl (C=O) groups is 1. The lowest BCUT2D eigenvalue weighted by Crippen LogP contribution is -2.27. The first-order chi connectivity index (χ1) is 13.2. The zero-order chi connectivity index (χ0) is 18.6. The third kappa shape index (κ3) is 4.03. The number of rotatable bonds is 5. The highest BCUT2D eigenvalue weighted by molar-refractivity contribution is 6.32. The van der Waals surface area contributed by atoms with Crippen LogP contribution in [0.5, 0.6) is 11.5 Å². The van der Waals surface area contributed by atoms with Gasteiger partial charge in [0.25, 0.3) is 0 Å². The standard InChI is InChI=1S/C21H21ClN2O3/c22-17-10-14(11-19-21(17)27-9-3-8-26-19)12-20(25)23-7-6-15-13-24-18-5-2-1-4-16(15)18/h1-2,4-5,10-11,13,24H,3,6-9,12H2,(H,23,25). The van der Waals surface area contributed by atoms with Crippen LogP contribution in [0, 0.1) is 0 Å². The van der Waals surface area contributed by atoms with E-state index in [0.717, 1.165) is 23.9 Å². The van der Waals surface area contributed by atoms with Crippen molar-refractivity contribution in [2.75, 3.05) is 19.8 Å². The second-order valence-corrected chi connectivity index (χ2v) is 7.00. The van der Waals surface area contributed by atoms with Gasteiger partial charge < -0.3 is 19.8 Å². The summed E-state index contributed by atoms with van der Waals surface area (Å²) in [7, 11) is 0. The molecule has 4 rings (SSSR count). The van der Waals surface area contributed by atoms with Crippen molar-refractivity contribution >= 4 is 28.4 Å². The third-order valence-electron chi connectivity index (χ3n) is 4.62. The third-order valence-corrected chi connectivity index (χ3v) is 4.90. The fraction of sp³-hybridized carbons (Fsp3) is 0.286. The van der Waals surface area contributed by atoms with Crippen molar-refractivity contribution in [1.82, 2.24) is 10.3 Å². The van der Waals surface area contributed by atoms with E-state index in [-0.39, 0.29) is 12.3 Å². The number of hydrogen-bond acceptors (Lipinski definition) is 3. The van der Waals surface area contributed by atoms with E-state index < -0.39 is 0 Å². The predicted octanol–water partition coefficient (Wildman–Crippen LogP) is 3.88. The van der Waals surface area contributed by atoms with Gasteiger partial charge in [0, 0.05) is 30.1 Å². The Hall–Kier alpha value is -2.66. The molecule has 2 N–H and O–H groups in total. The first kappa shape index (κ1) is 17.7. The van der Waals surface area contributed by atoms with Crippen molar-refractivity contribution in [2.45, 2.75) is 19.3 Å². The molecule has 5 nitrogen and oxygen atoms in total. The molecule has 1 aliphatic heterocycles. The fourth-order valence-electron chi connectivity index (χ4n) is 3.31. The molecule has 0 radical (unpaired) electrons. The van der Waals surface area contributed by atoms with Gasteiger partial charge in [0.2, 0.25) is 5.91 Å². The highest BCUT2D eigenvalue weighted by atomic mass is 35.5. The number of ether oxygens (including phenoxy) is 2. The van der Waals surface area contributed by atoms with E-state index in [1.165, 1.54) is 10.9 Å². The summed E-state index contributed by atoms with van der Waals surface area (Å²) >= 11 is 6.29. The summed E-state index contributed by atoms with van der Waals surface area (Å²) in [5, 5.41) is 4.66. The molecule has 3 aromatic rings. The zero-order valence-electron chi connectivity index (χ0n) is 14.9. The van der Waals surface area contributed by atoms with Gasteiger partial charge in [-0.05, 0) is 35.7 Å². The molecular weight excluding hydrogens is 364 g/mol. The quantitative estimate of drug-likeness (QED) is 0.701. The number of nitrogens with one attached hydrogen (secondary N) is 2. The van der Waals surface area contributed by atoms with Gasteiger partial charge in [0.15, 0.2) is 11.5 Å². The number of fused-ring (bicyclic) bond motifs is 2. The molecular formula is C21H21ClN2O3. The van der Waals surface area contributed by atoms with Crippen molar-refractivity contribution in [3.63, 3.8) is 0 Å². The van der Waals surface area contributed by atoms with Gasteiger partial charge in [0.1, 0.15) is 0 Å². The molecule has 2 heterocycles. The Kier molecular flexibility index (Phi) is 5.21. The summed E-state index contributed by atoms with van der Waals surface area (Å²) in [6.45, 7) is 1.75. The summed E-state index contributed by atoms with van der Waals surface area (Å²) < 4.78 is 11.3. The lowest BCUT2D eigenvalue weighted by Gasteiger charge is -2.11. The first-order valence-corrected chi connectivity index (χ1v) is 9.48. The van der Waals surface area contributed by atoms with Crippen LogP contribution in [0.15, 0.2) is 42.6 Å². The zero-order valence-corrected chi connectivity index (χ0v) is 15.6. The molecule has 1 aromatic heterocycles. The smallest absolute Gasteiger partial charge is 0.224 e.